The summed E-state index contributed by atoms with van der Waals surface area (Å²) >= 11 is 5.88. The minimum atomic E-state index is -0.172. The van der Waals surface area contributed by atoms with Crippen LogP contribution in [0.3, 0.4) is 0 Å². The number of hydrogen-bond acceptors (Lipinski definition) is 4. The van der Waals surface area contributed by atoms with Gasteiger partial charge in [-0.1, -0.05) is 23.7 Å². The maximum Gasteiger partial charge on any atom is 0.212 e. The molecule has 1 saturated heterocycles. The van der Waals surface area contributed by atoms with E-state index in [1.165, 1.54) is 25.9 Å². The molecule has 0 amide bonds. The van der Waals surface area contributed by atoms with Gasteiger partial charge in [0.15, 0.2) is 0 Å². The summed E-state index contributed by atoms with van der Waals surface area (Å²) in [5.74, 6) is 0.809. The number of halogens is 1. The zero-order chi connectivity index (χ0) is 13.8. The molecule has 2 aliphatic heterocycles. The van der Waals surface area contributed by atoms with E-state index in [2.05, 4.69) is 15.4 Å². The Balaban J connectivity index is 1.43. The lowest BCUT2D eigenvalue weighted by molar-refractivity contribution is 0.185. The van der Waals surface area contributed by atoms with Crippen LogP contribution in [-0.2, 0) is 4.74 Å². The first kappa shape index (κ1) is 13.7. The van der Waals surface area contributed by atoms with Gasteiger partial charge in [-0.15, -0.1) is 5.10 Å². The monoisotopic (exact) mass is 293 g/mol. The van der Waals surface area contributed by atoms with Crippen molar-refractivity contribution in [2.75, 3.05) is 19.6 Å². The van der Waals surface area contributed by atoms with Gasteiger partial charge in [0, 0.05) is 17.0 Å². The molecule has 0 bridgehead atoms. The number of hydrogen-bond donors (Lipinski definition) is 1. The topological polar surface area (TPSA) is 36.9 Å². The molecule has 5 heteroatoms. The molecule has 3 rings (SSSR count). The summed E-state index contributed by atoms with van der Waals surface area (Å²) in [4.78, 5) is 2.51. The predicted molar refractivity (Wildman–Crippen MR) is 80.8 cm³/mol. The lowest BCUT2D eigenvalue weighted by atomic mass is 10.2. The second kappa shape index (κ2) is 6.46. The Morgan fingerprint density at radius 3 is 2.75 bits per heavy atom. The molecule has 108 valence electrons. The maximum absolute atomic E-state index is 5.88. The molecule has 4 nitrogen and oxygen atoms in total. The summed E-state index contributed by atoms with van der Waals surface area (Å²) < 4.78 is 5.83. The van der Waals surface area contributed by atoms with Crippen LogP contribution in [0.5, 0.6) is 0 Å². The van der Waals surface area contributed by atoms with Crippen molar-refractivity contribution >= 4 is 17.5 Å². The van der Waals surface area contributed by atoms with Crippen LogP contribution in [0.4, 0.5) is 0 Å². The first-order valence-electron chi connectivity index (χ1n) is 7.28. The van der Waals surface area contributed by atoms with Gasteiger partial charge in [-0.25, -0.2) is 0 Å². The Labute approximate surface area is 124 Å². The van der Waals surface area contributed by atoms with E-state index < -0.39 is 0 Å². The zero-order valence-electron chi connectivity index (χ0n) is 11.5. The Kier molecular flexibility index (Phi) is 4.43. The van der Waals surface area contributed by atoms with Gasteiger partial charge in [0.05, 0.1) is 0 Å². The van der Waals surface area contributed by atoms with Gasteiger partial charge >= 0.3 is 0 Å². The molecule has 1 aromatic rings. The molecule has 0 saturated carbocycles. The first-order valence-corrected chi connectivity index (χ1v) is 7.65. The van der Waals surface area contributed by atoms with Crippen LogP contribution in [-0.4, -0.2) is 30.4 Å². The molecule has 0 aromatic heterocycles. The third kappa shape index (κ3) is 3.44. The van der Waals surface area contributed by atoms with Crippen LogP contribution < -0.4 is 5.43 Å². The molecule has 1 aromatic carbocycles. The van der Waals surface area contributed by atoms with Crippen LogP contribution >= 0.6 is 11.6 Å². The molecule has 0 radical (unpaired) electrons. The van der Waals surface area contributed by atoms with Gasteiger partial charge < -0.3 is 9.64 Å². The predicted octanol–water partition coefficient (Wildman–Crippen LogP) is 3.15. The number of nitrogens with zero attached hydrogens (tertiary/aromatic N) is 2. The lowest BCUT2D eigenvalue weighted by Crippen LogP contribution is -2.21. The fraction of sp³-hybridized carbons (Fsp3) is 0.533. The fourth-order valence-corrected chi connectivity index (χ4v) is 2.80. The molecule has 1 N–H and O–H groups in total. The van der Waals surface area contributed by atoms with Crippen LogP contribution in [0.1, 0.15) is 37.5 Å². The number of nitrogens with one attached hydrogen (secondary N) is 1. The lowest BCUT2D eigenvalue weighted by Gasteiger charge is -2.14. The van der Waals surface area contributed by atoms with Crippen molar-refractivity contribution in [1.29, 1.82) is 0 Å². The van der Waals surface area contributed by atoms with E-state index in [1.54, 1.807) is 0 Å². The van der Waals surface area contributed by atoms with Crippen LogP contribution in [0.15, 0.2) is 29.4 Å². The number of rotatable bonds is 5. The first-order chi connectivity index (χ1) is 9.81. The van der Waals surface area contributed by atoms with Crippen molar-refractivity contribution in [3.8, 4) is 0 Å². The normalized spacial score (nSPS) is 22.4. The number of hydrazone groups is 1. The third-order valence-electron chi connectivity index (χ3n) is 3.80. The summed E-state index contributed by atoms with van der Waals surface area (Å²) in [5, 5.41) is 5.01. The molecule has 0 spiro atoms. The van der Waals surface area contributed by atoms with Gasteiger partial charge in [-0.3, -0.25) is 5.43 Å². The van der Waals surface area contributed by atoms with Gasteiger partial charge in [0.1, 0.15) is 0 Å². The molecular weight excluding hydrogens is 274 g/mol. The quantitative estimate of drug-likeness (QED) is 0.906. The Morgan fingerprint density at radius 2 is 2.00 bits per heavy atom. The van der Waals surface area contributed by atoms with E-state index in [1.807, 2.05) is 24.3 Å². The molecule has 20 heavy (non-hydrogen) atoms. The molecule has 1 atom stereocenters. The van der Waals surface area contributed by atoms with E-state index in [9.17, 15) is 0 Å². The average Bonchev–Trinajstić information content (AvgIpc) is 3.11. The number of ether oxygens (including phenoxy) is 1. The minimum absolute atomic E-state index is 0.172. The SMILES string of the molecule is Clc1ccc([C@H]2NN=C(CCCN3CCCC3)O2)cc1. The highest BCUT2D eigenvalue weighted by molar-refractivity contribution is 6.30. The highest BCUT2D eigenvalue weighted by atomic mass is 35.5. The standard InChI is InChI=1S/C15H20ClN3O/c16-13-7-5-12(6-8-13)15-18-17-14(20-15)4-3-11-19-9-1-2-10-19/h5-8,15,18H,1-4,9-11H2/t15-/m0/s1. The van der Waals surface area contributed by atoms with Crippen LogP contribution in [0.25, 0.3) is 0 Å². The number of benzene rings is 1. The minimum Gasteiger partial charge on any atom is -0.450 e. The second-order valence-electron chi connectivity index (χ2n) is 5.34. The maximum atomic E-state index is 5.88. The largest absolute Gasteiger partial charge is 0.450 e. The van der Waals surface area contributed by atoms with Crippen LogP contribution in [0, 0.1) is 0 Å². The van der Waals surface area contributed by atoms with E-state index in [0.717, 1.165) is 35.9 Å². The van der Waals surface area contributed by atoms with Crippen molar-refractivity contribution < 1.29 is 4.74 Å². The zero-order valence-corrected chi connectivity index (χ0v) is 12.3. The van der Waals surface area contributed by atoms with Crippen molar-refractivity contribution in [3.05, 3.63) is 34.9 Å². The fourth-order valence-electron chi connectivity index (χ4n) is 2.67. The van der Waals surface area contributed by atoms with E-state index >= 15 is 0 Å². The molecular formula is C15H20ClN3O. The van der Waals surface area contributed by atoms with E-state index in [4.69, 9.17) is 16.3 Å². The van der Waals surface area contributed by atoms with Gasteiger partial charge in [-0.2, -0.15) is 0 Å². The smallest absolute Gasteiger partial charge is 0.212 e. The molecule has 2 aliphatic rings. The summed E-state index contributed by atoms with van der Waals surface area (Å²) in [5.41, 5.74) is 4.08. The molecule has 1 fully saturated rings. The number of likely N-dealkylation sites (tertiary alicyclic amines) is 1. The van der Waals surface area contributed by atoms with E-state index in [-0.39, 0.29) is 6.23 Å². The van der Waals surface area contributed by atoms with Crippen molar-refractivity contribution in [1.82, 2.24) is 10.3 Å². The summed E-state index contributed by atoms with van der Waals surface area (Å²) in [6.45, 7) is 3.64. The van der Waals surface area contributed by atoms with Gasteiger partial charge in [-0.05, 0) is 51.0 Å². The third-order valence-corrected chi connectivity index (χ3v) is 4.05. The van der Waals surface area contributed by atoms with Crippen molar-refractivity contribution in [3.63, 3.8) is 0 Å². The Bertz CT molecular complexity index is 469. The second-order valence-corrected chi connectivity index (χ2v) is 5.77. The Morgan fingerprint density at radius 1 is 1.25 bits per heavy atom. The summed E-state index contributed by atoms with van der Waals surface area (Å²) in [7, 11) is 0. The molecule has 2 heterocycles. The summed E-state index contributed by atoms with van der Waals surface area (Å²) in [6, 6.07) is 7.66. The molecule has 0 aliphatic carbocycles. The Hall–Kier alpha value is -1.26. The highest BCUT2D eigenvalue weighted by Crippen LogP contribution is 2.22. The molecule has 0 unspecified atom stereocenters. The average molecular weight is 294 g/mol. The van der Waals surface area contributed by atoms with Crippen molar-refractivity contribution in [2.24, 2.45) is 5.10 Å². The van der Waals surface area contributed by atoms with Gasteiger partial charge in [0.2, 0.25) is 12.1 Å². The highest BCUT2D eigenvalue weighted by Gasteiger charge is 2.21. The van der Waals surface area contributed by atoms with Crippen LogP contribution in [0.2, 0.25) is 5.02 Å². The van der Waals surface area contributed by atoms with Gasteiger partial charge in [0.25, 0.3) is 0 Å². The summed E-state index contributed by atoms with van der Waals surface area (Å²) in [6.07, 6.45) is 4.52. The van der Waals surface area contributed by atoms with Crippen molar-refractivity contribution in [2.45, 2.75) is 31.9 Å². The van der Waals surface area contributed by atoms with E-state index in [0.29, 0.717) is 0 Å².